The van der Waals surface area contributed by atoms with Crippen molar-refractivity contribution in [2.45, 2.75) is 17.8 Å². The number of thioether (sulfide) groups is 1. The van der Waals surface area contributed by atoms with Crippen LogP contribution in [0, 0.1) is 12.7 Å². The zero-order valence-corrected chi connectivity index (χ0v) is 13.8. The highest BCUT2D eigenvalue weighted by molar-refractivity contribution is 8.01. The molecule has 0 spiro atoms. The van der Waals surface area contributed by atoms with Crippen molar-refractivity contribution in [3.8, 4) is 0 Å². The summed E-state index contributed by atoms with van der Waals surface area (Å²) in [4.78, 5) is 16.0. The monoisotopic (exact) mass is 349 g/mol. The first-order chi connectivity index (χ1) is 11.1. The predicted molar refractivity (Wildman–Crippen MR) is 85.2 cm³/mol. The van der Waals surface area contributed by atoms with E-state index in [1.54, 1.807) is 23.1 Å². The molecule has 1 aromatic carbocycles. The number of rotatable bonds is 6. The van der Waals surface area contributed by atoms with Crippen LogP contribution in [0.1, 0.15) is 20.9 Å². The van der Waals surface area contributed by atoms with Gasteiger partial charge in [-0.05, 0) is 19.1 Å². The number of hydrogen-bond acceptors (Lipinski definition) is 7. The van der Waals surface area contributed by atoms with Crippen LogP contribution in [0.3, 0.4) is 0 Å². The van der Waals surface area contributed by atoms with E-state index in [4.69, 9.17) is 0 Å². The Labute approximate surface area is 139 Å². The summed E-state index contributed by atoms with van der Waals surface area (Å²) in [5, 5.41) is 12.8. The maximum atomic E-state index is 13.7. The van der Waals surface area contributed by atoms with Crippen molar-refractivity contribution >= 4 is 28.9 Å². The third kappa shape index (κ3) is 3.99. The van der Waals surface area contributed by atoms with Gasteiger partial charge in [0.15, 0.2) is 10.1 Å². The predicted octanol–water partition coefficient (Wildman–Crippen LogP) is 2.60. The van der Waals surface area contributed by atoms with E-state index in [1.807, 2.05) is 6.92 Å². The van der Waals surface area contributed by atoms with Crippen molar-refractivity contribution in [1.82, 2.24) is 25.0 Å². The summed E-state index contributed by atoms with van der Waals surface area (Å²) in [6, 6.07) is 4.52. The van der Waals surface area contributed by atoms with Gasteiger partial charge in [0, 0.05) is 0 Å². The molecule has 0 bridgehead atoms. The first-order valence-corrected chi connectivity index (χ1v) is 8.49. The molecular weight excluding hydrogens is 337 g/mol. The Balaban J connectivity index is 1.61. The van der Waals surface area contributed by atoms with E-state index in [-0.39, 0.29) is 17.1 Å². The van der Waals surface area contributed by atoms with Gasteiger partial charge < -0.3 is 0 Å². The van der Waals surface area contributed by atoms with Crippen LogP contribution in [0.15, 0.2) is 35.2 Å². The van der Waals surface area contributed by atoms with Gasteiger partial charge in [-0.15, -0.1) is 10.2 Å². The largest absolute Gasteiger partial charge is 0.293 e. The second kappa shape index (κ2) is 6.97. The standard InChI is InChI=1S/C14H12FN5OS2/c1-9-2-3-11(15)10(4-9)12(21)6-22-14-19-18-13(23-14)5-20-8-16-7-17-20/h2-4,7-8H,5-6H2,1H3. The SMILES string of the molecule is Cc1ccc(F)c(C(=O)CSc2nnc(Cn3cncn3)s2)c1. The lowest BCUT2D eigenvalue weighted by Gasteiger charge is -2.02. The van der Waals surface area contributed by atoms with Gasteiger partial charge in [0.2, 0.25) is 0 Å². The third-order valence-corrected chi connectivity index (χ3v) is 5.00. The van der Waals surface area contributed by atoms with Crippen LogP contribution in [0.5, 0.6) is 0 Å². The van der Waals surface area contributed by atoms with Crippen LogP contribution in [-0.2, 0) is 6.54 Å². The van der Waals surface area contributed by atoms with E-state index in [1.165, 1.54) is 35.5 Å². The number of aryl methyl sites for hydroxylation is 1. The van der Waals surface area contributed by atoms with E-state index in [9.17, 15) is 9.18 Å². The molecule has 0 radical (unpaired) electrons. The summed E-state index contributed by atoms with van der Waals surface area (Å²) in [6.07, 6.45) is 3.05. The highest BCUT2D eigenvalue weighted by Gasteiger charge is 2.14. The average Bonchev–Trinajstić information content (AvgIpc) is 3.20. The Morgan fingerprint density at radius 3 is 3.04 bits per heavy atom. The summed E-state index contributed by atoms with van der Waals surface area (Å²) in [5.41, 5.74) is 0.968. The lowest BCUT2D eigenvalue weighted by Crippen LogP contribution is -2.05. The Bertz CT molecular complexity index is 818. The van der Waals surface area contributed by atoms with E-state index in [0.717, 1.165) is 10.6 Å². The molecule has 0 amide bonds. The summed E-state index contributed by atoms with van der Waals surface area (Å²) in [6.45, 7) is 2.31. The number of halogens is 1. The minimum absolute atomic E-state index is 0.116. The van der Waals surface area contributed by atoms with Crippen LogP contribution in [-0.4, -0.2) is 36.5 Å². The second-order valence-electron chi connectivity index (χ2n) is 4.75. The number of benzene rings is 1. The fraction of sp³-hybridized carbons (Fsp3) is 0.214. The summed E-state index contributed by atoms with van der Waals surface area (Å²) >= 11 is 2.64. The molecule has 0 aliphatic carbocycles. The average molecular weight is 349 g/mol. The first-order valence-electron chi connectivity index (χ1n) is 6.69. The highest BCUT2D eigenvalue weighted by atomic mass is 32.2. The lowest BCUT2D eigenvalue weighted by atomic mass is 10.1. The van der Waals surface area contributed by atoms with Crippen LogP contribution >= 0.6 is 23.1 Å². The van der Waals surface area contributed by atoms with E-state index >= 15 is 0 Å². The Kier molecular flexibility index (Phi) is 4.77. The van der Waals surface area contributed by atoms with Gasteiger partial charge in [-0.1, -0.05) is 34.7 Å². The molecule has 0 atom stereocenters. The smallest absolute Gasteiger partial charge is 0.176 e. The Morgan fingerprint density at radius 1 is 1.39 bits per heavy atom. The van der Waals surface area contributed by atoms with Gasteiger partial charge in [-0.25, -0.2) is 14.1 Å². The molecule has 118 valence electrons. The van der Waals surface area contributed by atoms with E-state index in [0.29, 0.717) is 10.9 Å². The number of carbonyl (C=O) groups is 1. The van der Waals surface area contributed by atoms with Crippen molar-refractivity contribution in [1.29, 1.82) is 0 Å². The highest BCUT2D eigenvalue weighted by Crippen LogP contribution is 2.24. The molecule has 2 aromatic heterocycles. The number of hydrogen-bond donors (Lipinski definition) is 0. The van der Waals surface area contributed by atoms with Crippen molar-refractivity contribution in [2.75, 3.05) is 5.75 Å². The van der Waals surface area contributed by atoms with Gasteiger partial charge >= 0.3 is 0 Å². The Morgan fingerprint density at radius 2 is 2.26 bits per heavy atom. The molecule has 23 heavy (non-hydrogen) atoms. The molecule has 0 fully saturated rings. The van der Waals surface area contributed by atoms with Crippen molar-refractivity contribution in [3.05, 3.63) is 52.8 Å². The number of Topliss-reactive ketones (excluding diaryl/α,β-unsaturated/α-hetero) is 1. The molecule has 6 nitrogen and oxygen atoms in total. The lowest BCUT2D eigenvalue weighted by molar-refractivity contribution is 0.101. The van der Waals surface area contributed by atoms with Crippen LogP contribution < -0.4 is 0 Å². The molecule has 3 rings (SSSR count). The third-order valence-electron chi connectivity index (χ3n) is 2.96. The molecule has 0 unspecified atom stereocenters. The summed E-state index contributed by atoms with van der Waals surface area (Å²) in [5.74, 6) is -0.632. The normalized spacial score (nSPS) is 10.9. The van der Waals surface area contributed by atoms with Gasteiger partial charge in [0.05, 0.1) is 17.9 Å². The number of carbonyl (C=O) groups excluding carboxylic acids is 1. The van der Waals surface area contributed by atoms with Crippen LogP contribution in [0.2, 0.25) is 0 Å². The first kappa shape index (κ1) is 15.8. The van der Waals surface area contributed by atoms with Crippen LogP contribution in [0.25, 0.3) is 0 Å². The number of nitrogens with zero attached hydrogens (tertiary/aromatic N) is 5. The molecular formula is C14H12FN5OS2. The quantitative estimate of drug-likeness (QED) is 0.503. The minimum Gasteiger partial charge on any atom is -0.293 e. The molecule has 0 saturated heterocycles. The van der Waals surface area contributed by atoms with Gasteiger partial charge in [-0.3, -0.25) is 4.79 Å². The fourth-order valence-electron chi connectivity index (χ4n) is 1.87. The maximum absolute atomic E-state index is 13.7. The van der Waals surface area contributed by atoms with Gasteiger partial charge in [0.1, 0.15) is 23.5 Å². The van der Waals surface area contributed by atoms with E-state index in [2.05, 4.69) is 20.3 Å². The van der Waals surface area contributed by atoms with Crippen molar-refractivity contribution in [2.24, 2.45) is 0 Å². The molecule has 2 heterocycles. The Hall–Kier alpha value is -2.13. The van der Waals surface area contributed by atoms with Crippen molar-refractivity contribution in [3.63, 3.8) is 0 Å². The van der Waals surface area contributed by atoms with Gasteiger partial charge in [-0.2, -0.15) is 5.10 Å². The molecule has 0 aliphatic rings. The molecule has 3 aromatic rings. The zero-order chi connectivity index (χ0) is 16.2. The fourth-order valence-corrected chi connectivity index (χ4v) is 3.64. The summed E-state index contributed by atoms with van der Waals surface area (Å²) in [7, 11) is 0. The zero-order valence-electron chi connectivity index (χ0n) is 12.1. The molecule has 9 heteroatoms. The molecule has 0 aliphatic heterocycles. The molecule has 0 N–H and O–H groups in total. The maximum Gasteiger partial charge on any atom is 0.176 e. The minimum atomic E-state index is -0.495. The van der Waals surface area contributed by atoms with Crippen LogP contribution in [0.4, 0.5) is 4.39 Å². The summed E-state index contributed by atoms with van der Waals surface area (Å²) < 4.78 is 16.0. The van der Waals surface area contributed by atoms with E-state index < -0.39 is 5.82 Å². The molecule has 0 saturated carbocycles. The van der Waals surface area contributed by atoms with Gasteiger partial charge in [0.25, 0.3) is 0 Å². The van der Waals surface area contributed by atoms with Crippen molar-refractivity contribution < 1.29 is 9.18 Å². The second-order valence-corrected chi connectivity index (χ2v) is 7.03. The number of aromatic nitrogens is 5. The topological polar surface area (TPSA) is 73.6 Å². The number of ketones is 1.